The molecule has 9 nitrogen and oxygen atoms in total. The molecular weight excluding hydrogens is 484 g/mol. The Hall–Kier alpha value is -3.50. The summed E-state index contributed by atoms with van der Waals surface area (Å²) in [6.45, 7) is 2.87. The summed E-state index contributed by atoms with van der Waals surface area (Å²) < 4.78 is 10.7. The van der Waals surface area contributed by atoms with E-state index in [-0.39, 0.29) is 28.0 Å². The van der Waals surface area contributed by atoms with Crippen LogP contribution in [-0.4, -0.2) is 52.8 Å². The van der Waals surface area contributed by atoms with Gasteiger partial charge in [0.1, 0.15) is 6.54 Å². The van der Waals surface area contributed by atoms with Crippen molar-refractivity contribution in [2.24, 2.45) is 0 Å². The molecule has 3 amide bonds. The lowest BCUT2D eigenvalue weighted by atomic mass is 10.1. The van der Waals surface area contributed by atoms with E-state index >= 15 is 0 Å². The average Bonchev–Trinajstić information content (AvgIpc) is 3.02. The van der Waals surface area contributed by atoms with Crippen LogP contribution in [0, 0.1) is 6.92 Å². The number of carbonyl (C=O) groups is 4. The first-order chi connectivity index (χ1) is 16.2. The van der Waals surface area contributed by atoms with Gasteiger partial charge in [0.25, 0.3) is 11.1 Å². The molecule has 0 aromatic heterocycles. The van der Waals surface area contributed by atoms with Gasteiger partial charge in [-0.2, -0.15) is 0 Å². The Morgan fingerprint density at radius 2 is 1.88 bits per heavy atom. The summed E-state index contributed by atoms with van der Waals surface area (Å²) in [5, 5.41) is 11.0. The maximum absolute atomic E-state index is 12.8. The molecule has 2 aromatic rings. The third-order valence-electron chi connectivity index (χ3n) is 4.48. The number of halogens is 1. The molecule has 0 spiro atoms. The molecule has 2 aromatic carbocycles. The van der Waals surface area contributed by atoms with E-state index in [9.17, 15) is 19.2 Å². The Morgan fingerprint density at radius 1 is 1.18 bits per heavy atom. The van der Waals surface area contributed by atoms with E-state index in [4.69, 9.17) is 26.2 Å². The molecule has 1 fully saturated rings. The van der Waals surface area contributed by atoms with Crippen molar-refractivity contribution in [3.63, 3.8) is 0 Å². The summed E-state index contributed by atoms with van der Waals surface area (Å²) >= 11 is 6.94. The zero-order valence-corrected chi connectivity index (χ0v) is 19.9. The van der Waals surface area contributed by atoms with E-state index < -0.39 is 36.2 Å². The predicted octanol–water partition coefficient (Wildman–Crippen LogP) is 4.19. The van der Waals surface area contributed by atoms with Gasteiger partial charge in [-0.1, -0.05) is 29.3 Å². The van der Waals surface area contributed by atoms with Crippen LogP contribution in [0.25, 0.3) is 6.08 Å². The summed E-state index contributed by atoms with van der Waals surface area (Å²) in [4.78, 5) is 49.3. The van der Waals surface area contributed by atoms with E-state index in [1.54, 1.807) is 19.1 Å². The molecule has 34 heavy (non-hydrogen) atoms. The number of hydrogen-bond donors (Lipinski definition) is 2. The highest BCUT2D eigenvalue weighted by atomic mass is 35.5. The van der Waals surface area contributed by atoms with Crippen LogP contribution in [-0.2, 0) is 14.4 Å². The van der Waals surface area contributed by atoms with Crippen molar-refractivity contribution in [1.82, 2.24) is 4.90 Å². The zero-order chi connectivity index (χ0) is 24.8. The number of nitrogens with one attached hydrogen (secondary N) is 1. The standard InChI is InChI=1S/C23H21ClN2O7S/c1-3-32-17-9-14(8-16(24)21(17)33-12-20(28)29)10-18-22(30)26(23(31)34-18)11-19(27)25-15-6-4-13(2)5-7-15/h4-10H,3,11-12H2,1-2H3,(H,25,27)(H,28,29)/b18-10-. The van der Waals surface area contributed by atoms with Crippen molar-refractivity contribution < 1.29 is 33.8 Å². The Morgan fingerprint density at radius 3 is 2.53 bits per heavy atom. The Balaban J connectivity index is 1.76. The molecule has 0 saturated carbocycles. The fourth-order valence-corrected chi connectivity index (χ4v) is 4.09. The van der Waals surface area contributed by atoms with Crippen LogP contribution in [0.5, 0.6) is 11.5 Å². The lowest BCUT2D eigenvalue weighted by Gasteiger charge is -2.13. The highest BCUT2D eigenvalue weighted by Gasteiger charge is 2.36. The van der Waals surface area contributed by atoms with E-state index in [1.807, 2.05) is 19.1 Å². The number of carboxylic acids is 1. The van der Waals surface area contributed by atoms with Crippen molar-refractivity contribution in [1.29, 1.82) is 0 Å². The quantitative estimate of drug-likeness (QED) is 0.487. The highest BCUT2D eigenvalue weighted by molar-refractivity contribution is 8.18. The second-order valence-electron chi connectivity index (χ2n) is 7.13. The van der Waals surface area contributed by atoms with Gasteiger partial charge in [-0.25, -0.2) is 4.79 Å². The summed E-state index contributed by atoms with van der Waals surface area (Å²) in [5.74, 6) is -2.05. The number of imide groups is 1. The smallest absolute Gasteiger partial charge is 0.341 e. The van der Waals surface area contributed by atoms with E-state index in [0.29, 0.717) is 23.0 Å². The van der Waals surface area contributed by atoms with Crippen LogP contribution in [0.3, 0.4) is 0 Å². The van der Waals surface area contributed by atoms with Gasteiger partial charge in [0, 0.05) is 5.69 Å². The monoisotopic (exact) mass is 504 g/mol. The first-order valence-corrected chi connectivity index (χ1v) is 11.3. The van der Waals surface area contributed by atoms with Gasteiger partial charge in [0.15, 0.2) is 18.1 Å². The van der Waals surface area contributed by atoms with Gasteiger partial charge in [-0.15, -0.1) is 0 Å². The number of aryl methyl sites for hydroxylation is 1. The molecule has 1 saturated heterocycles. The first-order valence-electron chi connectivity index (χ1n) is 10.1. The Bertz CT molecular complexity index is 1160. The zero-order valence-electron chi connectivity index (χ0n) is 18.3. The number of nitrogens with zero attached hydrogens (tertiary/aromatic N) is 1. The van der Waals surface area contributed by atoms with Crippen molar-refractivity contribution >= 4 is 58.1 Å². The van der Waals surface area contributed by atoms with Gasteiger partial charge < -0.3 is 19.9 Å². The topological polar surface area (TPSA) is 122 Å². The van der Waals surface area contributed by atoms with Crippen LogP contribution in [0.4, 0.5) is 10.5 Å². The molecule has 1 aliphatic rings. The predicted molar refractivity (Wildman–Crippen MR) is 128 cm³/mol. The number of carboxylic acid groups (broad SMARTS) is 1. The molecule has 0 aliphatic carbocycles. The fraction of sp³-hybridized carbons (Fsp3) is 0.217. The molecule has 178 valence electrons. The van der Waals surface area contributed by atoms with E-state index in [1.165, 1.54) is 18.2 Å². The molecule has 2 N–H and O–H groups in total. The number of ether oxygens (including phenoxy) is 2. The second-order valence-corrected chi connectivity index (χ2v) is 8.53. The Kier molecular flexibility index (Phi) is 8.19. The van der Waals surface area contributed by atoms with Crippen LogP contribution in [0.1, 0.15) is 18.1 Å². The molecule has 1 aliphatic heterocycles. The van der Waals surface area contributed by atoms with Crippen LogP contribution in [0.2, 0.25) is 5.02 Å². The van der Waals surface area contributed by atoms with Crippen LogP contribution < -0.4 is 14.8 Å². The summed E-state index contributed by atoms with van der Waals surface area (Å²) in [5.41, 5.74) is 2.02. The maximum atomic E-state index is 12.8. The number of benzene rings is 2. The van der Waals surface area contributed by atoms with Crippen LogP contribution in [0.15, 0.2) is 41.3 Å². The normalized spacial score (nSPS) is 14.4. The molecule has 11 heteroatoms. The third-order valence-corrected chi connectivity index (χ3v) is 5.67. The van der Waals surface area contributed by atoms with Crippen molar-refractivity contribution in [2.75, 3.05) is 25.1 Å². The van der Waals surface area contributed by atoms with E-state index in [0.717, 1.165) is 10.5 Å². The summed E-state index contributed by atoms with van der Waals surface area (Å²) in [6, 6.07) is 10.1. The molecular formula is C23H21ClN2O7S. The molecule has 0 bridgehead atoms. The highest BCUT2D eigenvalue weighted by Crippen LogP contribution is 2.39. The minimum absolute atomic E-state index is 0.0592. The summed E-state index contributed by atoms with van der Waals surface area (Å²) in [7, 11) is 0. The average molecular weight is 505 g/mol. The lowest BCUT2D eigenvalue weighted by molar-refractivity contribution is -0.139. The SMILES string of the molecule is CCOc1cc(/C=C2\SC(=O)N(CC(=O)Nc3ccc(C)cc3)C2=O)cc(Cl)c1OCC(=O)O. The number of anilines is 1. The Labute approximate surface area is 204 Å². The molecule has 0 unspecified atom stereocenters. The van der Waals surface area contributed by atoms with Crippen molar-refractivity contribution in [3.8, 4) is 11.5 Å². The first kappa shape index (κ1) is 25.1. The maximum Gasteiger partial charge on any atom is 0.341 e. The number of amides is 3. The lowest BCUT2D eigenvalue weighted by Crippen LogP contribution is -2.36. The molecule has 0 radical (unpaired) electrons. The number of hydrogen-bond acceptors (Lipinski definition) is 7. The number of carbonyl (C=O) groups excluding carboxylic acids is 3. The number of aliphatic carboxylic acids is 1. The summed E-state index contributed by atoms with van der Waals surface area (Å²) in [6.07, 6.45) is 1.44. The van der Waals surface area contributed by atoms with E-state index in [2.05, 4.69) is 5.32 Å². The van der Waals surface area contributed by atoms with Gasteiger partial charge in [-0.3, -0.25) is 19.3 Å². The fourth-order valence-electron chi connectivity index (χ4n) is 2.98. The molecule has 3 rings (SSSR count). The molecule has 0 atom stereocenters. The van der Waals surface area contributed by atoms with Crippen molar-refractivity contribution in [2.45, 2.75) is 13.8 Å². The number of rotatable bonds is 9. The largest absolute Gasteiger partial charge is 0.490 e. The van der Waals surface area contributed by atoms with Gasteiger partial charge in [-0.05, 0) is 61.5 Å². The number of thioether (sulfide) groups is 1. The van der Waals surface area contributed by atoms with Crippen LogP contribution >= 0.6 is 23.4 Å². The van der Waals surface area contributed by atoms with Crippen molar-refractivity contribution in [3.05, 3.63) is 57.5 Å². The second kappa shape index (κ2) is 11.1. The minimum Gasteiger partial charge on any atom is -0.490 e. The van der Waals surface area contributed by atoms with Gasteiger partial charge >= 0.3 is 5.97 Å². The van der Waals surface area contributed by atoms with Gasteiger partial charge in [0.05, 0.1) is 16.5 Å². The minimum atomic E-state index is -1.18. The molecule has 1 heterocycles. The van der Waals surface area contributed by atoms with Gasteiger partial charge in [0.2, 0.25) is 5.91 Å². The third kappa shape index (κ3) is 6.30.